The quantitative estimate of drug-likeness (QED) is 0.739. The van der Waals surface area contributed by atoms with Crippen molar-refractivity contribution in [1.29, 1.82) is 0 Å². The number of anilines is 1. The van der Waals surface area contributed by atoms with Crippen LogP contribution in [-0.4, -0.2) is 58.6 Å². The number of nitrogens with one attached hydrogen (secondary N) is 1. The summed E-state index contributed by atoms with van der Waals surface area (Å²) in [6.45, 7) is 6.36. The summed E-state index contributed by atoms with van der Waals surface area (Å²) in [4.78, 5) is 30.1. The molecule has 0 aromatic carbocycles. The van der Waals surface area contributed by atoms with Crippen molar-refractivity contribution in [1.82, 2.24) is 9.88 Å². The fraction of sp³-hybridized carbons (Fsp3) is 0.611. The summed E-state index contributed by atoms with van der Waals surface area (Å²) in [6, 6.07) is 1.71. The maximum atomic E-state index is 12.2. The highest BCUT2D eigenvalue weighted by Gasteiger charge is 2.28. The maximum absolute atomic E-state index is 12.2. The molecule has 0 atom stereocenters. The predicted octanol–water partition coefficient (Wildman–Crippen LogP) is 3.33. The first-order valence-electron chi connectivity index (χ1n) is 8.89. The Morgan fingerprint density at radius 2 is 2.04 bits per heavy atom. The number of hydrogen-bond acceptors (Lipinski definition) is 6. The second-order valence-electron chi connectivity index (χ2n) is 7.32. The number of carbonyl (C=O) groups excluding carboxylic acids is 2. The number of aromatic nitrogens is 1. The second kappa shape index (κ2) is 9.36. The molecule has 150 valence electrons. The third-order valence-electron chi connectivity index (χ3n) is 3.89. The van der Waals surface area contributed by atoms with E-state index in [1.165, 1.54) is 0 Å². The van der Waals surface area contributed by atoms with Gasteiger partial charge in [0.25, 0.3) is 0 Å². The topological polar surface area (TPSA) is 101 Å². The summed E-state index contributed by atoms with van der Waals surface area (Å²) in [5, 5.41) is 11.8. The van der Waals surface area contributed by atoms with E-state index in [-0.39, 0.29) is 18.8 Å². The van der Waals surface area contributed by atoms with Crippen molar-refractivity contribution in [2.24, 2.45) is 0 Å². The maximum Gasteiger partial charge on any atom is 0.411 e. The summed E-state index contributed by atoms with van der Waals surface area (Å²) in [5.41, 5.74) is 0.543. The Balaban J connectivity index is 1.84. The van der Waals surface area contributed by atoms with Crippen LogP contribution in [-0.2, 0) is 15.9 Å². The molecule has 0 radical (unpaired) electrons. The smallest absolute Gasteiger partial charge is 0.411 e. The van der Waals surface area contributed by atoms with E-state index in [1.54, 1.807) is 17.2 Å². The van der Waals surface area contributed by atoms with Gasteiger partial charge in [-0.3, -0.25) is 10.3 Å². The molecule has 2 rings (SSSR count). The van der Waals surface area contributed by atoms with E-state index in [2.05, 4.69) is 26.2 Å². The fourth-order valence-corrected chi connectivity index (χ4v) is 2.99. The molecule has 0 spiro atoms. The highest BCUT2D eigenvalue weighted by atomic mass is 79.9. The number of pyridine rings is 1. The van der Waals surface area contributed by atoms with Gasteiger partial charge in [0.2, 0.25) is 0 Å². The molecular weight excluding hydrogens is 418 g/mol. The Morgan fingerprint density at radius 3 is 2.63 bits per heavy atom. The van der Waals surface area contributed by atoms with Gasteiger partial charge in [0, 0.05) is 49.6 Å². The monoisotopic (exact) mass is 443 g/mol. The molecule has 2 N–H and O–H groups in total. The summed E-state index contributed by atoms with van der Waals surface area (Å²) < 4.78 is 11.5. The molecule has 1 aromatic heterocycles. The molecule has 8 nitrogen and oxygen atoms in total. The average molecular weight is 444 g/mol. The van der Waals surface area contributed by atoms with E-state index in [4.69, 9.17) is 14.6 Å². The standard InChI is InChI=1S/C18H26BrN3O5/c1-18(2,3)27-17(25)22-7-4-13(5-8-22)26-16(24)21-15-10-12(19)11-20-14(15)6-9-23/h10-11,13,23H,4-9H2,1-3H3,(H,21,24). The van der Waals surface area contributed by atoms with Crippen molar-refractivity contribution in [3.63, 3.8) is 0 Å². The second-order valence-corrected chi connectivity index (χ2v) is 8.23. The molecule has 0 saturated carbocycles. The molecule has 2 amide bonds. The van der Waals surface area contributed by atoms with Gasteiger partial charge in [-0.1, -0.05) is 0 Å². The lowest BCUT2D eigenvalue weighted by Gasteiger charge is -2.33. The molecule has 2 heterocycles. The van der Waals surface area contributed by atoms with E-state index in [9.17, 15) is 9.59 Å². The molecular formula is C18H26BrN3O5. The molecule has 27 heavy (non-hydrogen) atoms. The van der Waals surface area contributed by atoms with E-state index in [1.807, 2.05) is 20.8 Å². The molecule has 1 saturated heterocycles. The van der Waals surface area contributed by atoms with Crippen molar-refractivity contribution >= 4 is 33.8 Å². The number of hydrogen-bond donors (Lipinski definition) is 2. The molecule has 1 aromatic rings. The third kappa shape index (κ3) is 6.99. The lowest BCUT2D eigenvalue weighted by molar-refractivity contribution is 0.00793. The molecule has 1 fully saturated rings. The number of aliphatic hydroxyl groups excluding tert-OH is 1. The van der Waals surface area contributed by atoms with Gasteiger partial charge in [0.15, 0.2) is 0 Å². The molecule has 0 unspecified atom stereocenters. The Hall–Kier alpha value is -1.87. The predicted molar refractivity (Wildman–Crippen MR) is 104 cm³/mol. The lowest BCUT2D eigenvalue weighted by atomic mass is 10.1. The fourth-order valence-electron chi connectivity index (χ4n) is 2.65. The van der Waals surface area contributed by atoms with Crippen LogP contribution < -0.4 is 5.32 Å². The first-order valence-corrected chi connectivity index (χ1v) is 9.68. The molecule has 9 heteroatoms. The zero-order valence-corrected chi connectivity index (χ0v) is 17.4. The number of likely N-dealkylation sites (tertiary alicyclic amines) is 1. The van der Waals surface area contributed by atoms with Gasteiger partial charge in [0.05, 0.1) is 11.4 Å². The van der Waals surface area contributed by atoms with Crippen LogP contribution in [0.4, 0.5) is 15.3 Å². The van der Waals surface area contributed by atoms with Crippen molar-refractivity contribution < 1.29 is 24.2 Å². The van der Waals surface area contributed by atoms with Crippen LogP contribution in [0, 0.1) is 0 Å². The van der Waals surface area contributed by atoms with Crippen LogP contribution in [0.2, 0.25) is 0 Å². The Bertz CT molecular complexity index is 669. The summed E-state index contributed by atoms with van der Waals surface area (Å²) >= 11 is 3.31. The first-order chi connectivity index (χ1) is 12.7. The summed E-state index contributed by atoms with van der Waals surface area (Å²) in [5.74, 6) is 0. The lowest BCUT2D eigenvalue weighted by Crippen LogP contribution is -2.44. The minimum atomic E-state index is -0.579. The number of nitrogens with zero attached hydrogens (tertiary/aromatic N) is 2. The Morgan fingerprint density at radius 1 is 1.37 bits per heavy atom. The molecule has 0 bridgehead atoms. The van der Waals surface area contributed by atoms with Crippen LogP contribution in [0.1, 0.15) is 39.3 Å². The van der Waals surface area contributed by atoms with Crippen LogP contribution in [0.3, 0.4) is 0 Å². The first kappa shape index (κ1) is 21.4. The number of rotatable bonds is 4. The number of aliphatic hydroxyl groups is 1. The van der Waals surface area contributed by atoms with Gasteiger partial charge < -0.3 is 19.5 Å². The number of halogens is 1. The van der Waals surface area contributed by atoms with E-state index in [0.29, 0.717) is 48.2 Å². The van der Waals surface area contributed by atoms with Crippen molar-refractivity contribution in [2.45, 2.75) is 51.7 Å². The van der Waals surface area contributed by atoms with Crippen LogP contribution >= 0.6 is 15.9 Å². The number of piperidine rings is 1. The van der Waals surface area contributed by atoms with E-state index >= 15 is 0 Å². The van der Waals surface area contributed by atoms with Crippen molar-refractivity contribution in [3.8, 4) is 0 Å². The van der Waals surface area contributed by atoms with Gasteiger partial charge in [-0.25, -0.2) is 9.59 Å². The van der Waals surface area contributed by atoms with E-state index < -0.39 is 11.7 Å². The van der Waals surface area contributed by atoms with Crippen LogP contribution in [0.5, 0.6) is 0 Å². The van der Waals surface area contributed by atoms with Gasteiger partial charge in [-0.05, 0) is 42.8 Å². The van der Waals surface area contributed by atoms with Crippen LogP contribution in [0.15, 0.2) is 16.7 Å². The van der Waals surface area contributed by atoms with Crippen molar-refractivity contribution in [2.75, 3.05) is 25.0 Å². The zero-order chi connectivity index (χ0) is 20.0. The van der Waals surface area contributed by atoms with Gasteiger partial charge in [-0.2, -0.15) is 0 Å². The minimum Gasteiger partial charge on any atom is -0.446 e. The van der Waals surface area contributed by atoms with Gasteiger partial charge >= 0.3 is 12.2 Å². The average Bonchev–Trinajstić information content (AvgIpc) is 2.56. The molecule has 1 aliphatic heterocycles. The molecule has 1 aliphatic rings. The largest absolute Gasteiger partial charge is 0.446 e. The Labute approximate surface area is 167 Å². The highest BCUT2D eigenvalue weighted by Crippen LogP contribution is 2.21. The zero-order valence-electron chi connectivity index (χ0n) is 15.8. The highest BCUT2D eigenvalue weighted by molar-refractivity contribution is 9.10. The number of ether oxygens (including phenoxy) is 2. The van der Waals surface area contributed by atoms with E-state index in [0.717, 1.165) is 0 Å². The summed E-state index contributed by atoms with van der Waals surface area (Å²) in [6.07, 6.45) is 1.83. The van der Waals surface area contributed by atoms with Crippen molar-refractivity contribution in [3.05, 3.63) is 22.4 Å². The van der Waals surface area contributed by atoms with Gasteiger partial charge in [0.1, 0.15) is 11.7 Å². The third-order valence-corrected chi connectivity index (χ3v) is 4.32. The van der Waals surface area contributed by atoms with Gasteiger partial charge in [-0.15, -0.1) is 0 Å². The van der Waals surface area contributed by atoms with Crippen LogP contribution in [0.25, 0.3) is 0 Å². The summed E-state index contributed by atoms with van der Waals surface area (Å²) in [7, 11) is 0. The minimum absolute atomic E-state index is 0.0680. The molecule has 0 aliphatic carbocycles. The number of carbonyl (C=O) groups is 2. The SMILES string of the molecule is CC(C)(C)OC(=O)N1CCC(OC(=O)Nc2cc(Br)cnc2CCO)CC1. The number of amides is 2. The Kier molecular flexibility index (Phi) is 7.43. The normalized spacial score (nSPS) is 15.4.